The summed E-state index contributed by atoms with van der Waals surface area (Å²) in [4.78, 5) is 35.1. The van der Waals surface area contributed by atoms with Crippen molar-refractivity contribution in [3.8, 4) is 0 Å². The Morgan fingerprint density at radius 1 is 1.03 bits per heavy atom. The van der Waals surface area contributed by atoms with Crippen LogP contribution in [0.5, 0.6) is 0 Å². The number of aliphatic hydroxyl groups excluding tert-OH is 1. The van der Waals surface area contributed by atoms with Gasteiger partial charge < -0.3 is 23.7 Å². The number of thioether (sulfide) groups is 2. The number of aryl methyl sites for hydroxylation is 2. The Morgan fingerprint density at radius 2 is 1.60 bits per heavy atom. The van der Waals surface area contributed by atoms with Crippen molar-refractivity contribution in [2.75, 3.05) is 12.4 Å². The van der Waals surface area contributed by atoms with E-state index in [9.17, 15) is 14.7 Å². The van der Waals surface area contributed by atoms with Crippen LogP contribution in [-0.2, 0) is 33.2 Å². The second kappa shape index (κ2) is 8.97. The number of carbonyl (C=O) groups is 2. The summed E-state index contributed by atoms with van der Waals surface area (Å²) >= 11 is 2.25. The van der Waals surface area contributed by atoms with Crippen LogP contribution >= 0.6 is 23.5 Å². The van der Waals surface area contributed by atoms with Gasteiger partial charge in [-0.1, -0.05) is 36.0 Å². The minimum absolute atomic E-state index is 0.0366. The van der Waals surface area contributed by atoms with Gasteiger partial charge in [0.2, 0.25) is 5.76 Å². The van der Waals surface area contributed by atoms with Crippen LogP contribution in [0.2, 0.25) is 0 Å². The topological polar surface area (TPSA) is 108 Å². The average Bonchev–Trinajstić information content (AvgIpc) is 3.44. The summed E-state index contributed by atoms with van der Waals surface area (Å²) in [5, 5.41) is 11.8. The predicted molar refractivity (Wildman–Crippen MR) is 133 cm³/mol. The standard InChI is InChI=1S/C24H22N4O5S2/c1-4-32-21(31)24(13-34-22-25-14-9-5-7-11-16(14)27(22)2)19(18(29)20(30)33-24)35-23-26-15-10-6-8-12-17(15)28(23)3/h5-12,29H,4,13H2,1-3H3. The molecule has 0 fully saturated rings. The molecule has 180 valence electrons. The van der Waals surface area contributed by atoms with E-state index >= 15 is 0 Å². The highest BCUT2D eigenvalue weighted by atomic mass is 32.2. The molecule has 9 nitrogen and oxygen atoms in total. The molecule has 3 heterocycles. The lowest BCUT2D eigenvalue weighted by atomic mass is 10.1. The van der Waals surface area contributed by atoms with Crippen molar-refractivity contribution in [2.24, 2.45) is 14.1 Å². The Bertz CT molecular complexity index is 1510. The number of rotatable bonds is 7. The fourth-order valence-electron chi connectivity index (χ4n) is 3.93. The number of para-hydroxylation sites is 4. The van der Waals surface area contributed by atoms with Gasteiger partial charge >= 0.3 is 11.9 Å². The quantitative estimate of drug-likeness (QED) is 0.292. The van der Waals surface area contributed by atoms with Gasteiger partial charge in [0.25, 0.3) is 5.60 Å². The van der Waals surface area contributed by atoms with E-state index in [2.05, 4.69) is 9.97 Å². The zero-order valence-electron chi connectivity index (χ0n) is 19.2. The highest BCUT2D eigenvalue weighted by Gasteiger charge is 2.56. The molecule has 11 heteroatoms. The lowest BCUT2D eigenvalue weighted by Crippen LogP contribution is -2.45. The molecule has 5 rings (SSSR count). The number of aliphatic hydroxyl groups is 1. The van der Waals surface area contributed by atoms with Crippen molar-refractivity contribution >= 4 is 57.5 Å². The van der Waals surface area contributed by atoms with Gasteiger partial charge in [0.1, 0.15) is 0 Å². The molecule has 1 aliphatic rings. The summed E-state index contributed by atoms with van der Waals surface area (Å²) in [5.74, 6) is -2.40. The largest absolute Gasteiger partial charge is 0.501 e. The zero-order chi connectivity index (χ0) is 24.7. The lowest BCUT2D eigenvalue weighted by Gasteiger charge is -2.27. The fourth-order valence-corrected chi connectivity index (χ4v) is 6.23. The van der Waals surface area contributed by atoms with E-state index in [0.29, 0.717) is 10.3 Å². The summed E-state index contributed by atoms with van der Waals surface area (Å²) < 4.78 is 14.6. The maximum atomic E-state index is 13.3. The Morgan fingerprint density at radius 3 is 2.20 bits per heavy atom. The van der Waals surface area contributed by atoms with Crippen LogP contribution < -0.4 is 0 Å². The number of ether oxygens (including phenoxy) is 2. The first kappa shape index (κ1) is 23.3. The number of fused-ring (bicyclic) bond motifs is 2. The van der Waals surface area contributed by atoms with E-state index in [0.717, 1.165) is 33.8 Å². The van der Waals surface area contributed by atoms with E-state index in [1.165, 1.54) is 11.8 Å². The van der Waals surface area contributed by atoms with E-state index in [1.807, 2.05) is 71.8 Å². The van der Waals surface area contributed by atoms with Crippen LogP contribution in [0.4, 0.5) is 0 Å². The lowest BCUT2D eigenvalue weighted by molar-refractivity contribution is -0.169. The van der Waals surface area contributed by atoms with Gasteiger partial charge in [-0.25, -0.2) is 19.6 Å². The van der Waals surface area contributed by atoms with Crippen molar-refractivity contribution in [1.82, 2.24) is 19.1 Å². The van der Waals surface area contributed by atoms with E-state index in [1.54, 1.807) is 6.92 Å². The van der Waals surface area contributed by atoms with Crippen LogP contribution in [0.15, 0.2) is 69.5 Å². The highest BCUT2D eigenvalue weighted by molar-refractivity contribution is 8.03. The van der Waals surface area contributed by atoms with Gasteiger partial charge in [-0.2, -0.15) is 0 Å². The first-order valence-electron chi connectivity index (χ1n) is 10.8. The van der Waals surface area contributed by atoms with Crippen molar-refractivity contribution in [2.45, 2.75) is 22.8 Å². The molecule has 1 aliphatic heterocycles. The van der Waals surface area contributed by atoms with Gasteiger partial charge in [0, 0.05) is 14.1 Å². The van der Waals surface area contributed by atoms with Gasteiger partial charge in [0.05, 0.1) is 39.3 Å². The molecule has 1 atom stereocenters. The molecule has 2 aromatic carbocycles. The third-order valence-electron chi connectivity index (χ3n) is 5.74. The van der Waals surface area contributed by atoms with Crippen LogP contribution in [0, 0.1) is 0 Å². The number of cyclic esters (lactones) is 1. The molecule has 4 aromatic rings. The van der Waals surface area contributed by atoms with Crippen molar-refractivity contribution in [1.29, 1.82) is 0 Å². The number of hydrogen-bond acceptors (Lipinski definition) is 9. The van der Waals surface area contributed by atoms with Gasteiger partial charge in [-0.3, -0.25) is 0 Å². The number of carbonyl (C=O) groups excluding carboxylic acids is 2. The van der Waals surface area contributed by atoms with E-state index in [4.69, 9.17) is 9.47 Å². The maximum absolute atomic E-state index is 13.3. The molecule has 0 radical (unpaired) electrons. The minimum atomic E-state index is -1.84. The number of nitrogens with zero attached hydrogens (tertiary/aromatic N) is 4. The zero-order valence-corrected chi connectivity index (χ0v) is 20.9. The summed E-state index contributed by atoms with van der Waals surface area (Å²) in [6.07, 6.45) is 0. The van der Waals surface area contributed by atoms with Crippen molar-refractivity contribution < 1.29 is 24.2 Å². The van der Waals surface area contributed by atoms with Crippen LogP contribution in [0.1, 0.15) is 6.92 Å². The van der Waals surface area contributed by atoms with E-state index in [-0.39, 0.29) is 17.3 Å². The van der Waals surface area contributed by atoms with Crippen LogP contribution in [-0.4, -0.2) is 54.1 Å². The maximum Gasteiger partial charge on any atom is 0.375 e. The van der Waals surface area contributed by atoms with Crippen LogP contribution in [0.25, 0.3) is 22.1 Å². The number of imidazole rings is 2. The number of benzene rings is 2. The Labute approximate surface area is 209 Å². The third kappa shape index (κ3) is 3.84. The molecule has 35 heavy (non-hydrogen) atoms. The Kier molecular flexibility index (Phi) is 5.97. The summed E-state index contributed by atoms with van der Waals surface area (Å²) in [6.45, 7) is 1.75. The molecule has 1 N–H and O–H groups in total. The molecule has 0 bridgehead atoms. The molecular formula is C24H22N4O5S2. The monoisotopic (exact) mass is 510 g/mol. The Hall–Kier alpha value is -3.44. The minimum Gasteiger partial charge on any atom is -0.501 e. The first-order chi connectivity index (χ1) is 16.9. The van der Waals surface area contributed by atoms with Crippen molar-refractivity contribution in [3.05, 3.63) is 59.2 Å². The number of hydrogen-bond donors (Lipinski definition) is 1. The van der Waals surface area contributed by atoms with Crippen molar-refractivity contribution in [3.63, 3.8) is 0 Å². The number of esters is 2. The molecule has 1 unspecified atom stereocenters. The summed E-state index contributed by atoms with van der Waals surface area (Å²) in [6, 6.07) is 15.2. The normalized spacial score (nSPS) is 18.0. The second-order valence-electron chi connectivity index (χ2n) is 7.89. The van der Waals surface area contributed by atoms with Gasteiger partial charge in [0.15, 0.2) is 10.3 Å². The first-order valence-corrected chi connectivity index (χ1v) is 12.6. The second-order valence-corrected chi connectivity index (χ2v) is 9.81. The molecular weight excluding hydrogens is 488 g/mol. The molecule has 0 aliphatic carbocycles. The third-order valence-corrected chi connectivity index (χ3v) is 8.19. The predicted octanol–water partition coefficient (Wildman–Crippen LogP) is 3.97. The summed E-state index contributed by atoms with van der Waals surface area (Å²) in [7, 11) is 3.70. The smallest absolute Gasteiger partial charge is 0.375 e. The highest BCUT2D eigenvalue weighted by Crippen LogP contribution is 2.46. The SMILES string of the molecule is CCOC(=O)C1(CSc2nc3ccccc3n2C)OC(=O)C(O)=C1Sc1nc2ccccc2n1C. The molecule has 0 amide bonds. The molecule has 0 saturated heterocycles. The summed E-state index contributed by atoms with van der Waals surface area (Å²) in [5.41, 5.74) is 1.51. The van der Waals surface area contributed by atoms with E-state index < -0.39 is 23.3 Å². The average molecular weight is 511 g/mol. The number of aromatic nitrogens is 4. The molecule has 2 aromatic heterocycles. The van der Waals surface area contributed by atoms with Gasteiger partial charge in [-0.05, 0) is 43.0 Å². The van der Waals surface area contributed by atoms with Crippen LogP contribution in [0.3, 0.4) is 0 Å². The molecule has 0 spiro atoms. The molecule has 0 saturated carbocycles. The fraction of sp³-hybridized carbons (Fsp3) is 0.250. The van der Waals surface area contributed by atoms with Gasteiger partial charge in [-0.15, -0.1) is 0 Å². The Balaban J connectivity index is 1.54.